The van der Waals surface area contributed by atoms with E-state index in [-0.39, 0.29) is 0 Å². The summed E-state index contributed by atoms with van der Waals surface area (Å²) in [5.41, 5.74) is 4.01. The first-order chi connectivity index (χ1) is 10.1. The Morgan fingerprint density at radius 1 is 1.05 bits per heavy atom. The summed E-state index contributed by atoms with van der Waals surface area (Å²) in [6.07, 6.45) is 3.75. The Hall–Kier alpha value is -1.71. The number of hydrogen-bond donors (Lipinski definition) is 1. The summed E-state index contributed by atoms with van der Waals surface area (Å²) in [6, 6.07) is 13.3. The van der Waals surface area contributed by atoms with Gasteiger partial charge in [0.25, 0.3) is 0 Å². The average Bonchev–Trinajstić information content (AvgIpc) is 2.47. The summed E-state index contributed by atoms with van der Waals surface area (Å²) in [6.45, 7) is 7.15. The van der Waals surface area contributed by atoms with Crippen LogP contribution >= 0.6 is 0 Å². The lowest BCUT2D eigenvalue weighted by molar-refractivity contribution is 0.317. The Morgan fingerprint density at radius 2 is 1.81 bits per heavy atom. The number of rotatable bonds is 7. The second-order valence-corrected chi connectivity index (χ2v) is 5.84. The largest absolute Gasteiger partial charge is 0.310 e. The van der Waals surface area contributed by atoms with Gasteiger partial charge >= 0.3 is 0 Å². The molecule has 21 heavy (non-hydrogen) atoms. The van der Waals surface area contributed by atoms with Crippen molar-refractivity contribution in [1.82, 2.24) is 15.2 Å². The predicted molar refractivity (Wildman–Crippen MR) is 87.8 cm³/mol. The normalized spacial score (nSPS) is 11.3. The van der Waals surface area contributed by atoms with Crippen molar-refractivity contribution in [3.63, 3.8) is 0 Å². The van der Waals surface area contributed by atoms with Crippen LogP contribution in [0.15, 0.2) is 48.8 Å². The molecule has 0 amide bonds. The molecule has 0 bridgehead atoms. The molecule has 1 aromatic carbocycles. The molecule has 3 heteroatoms. The van der Waals surface area contributed by atoms with Crippen LogP contribution in [0.2, 0.25) is 0 Å². The zero-order chi connectivity index (χ0) is 15.1. The van der Waals surface area contributed by atoms with E-state index in [1.807, 2.05) is 18.5 Å². The van der Waals surface area contributed by atoms with Crippen LogP contribution in [0.4, 0.5) is 0 Å². The van der Waals surface area contributed by atoms with E-state index in [9.17, 15) is 0 Å². The fourth-order valence-electron chi connectivity index (χ4n) is 2.35. The van der Waals surface area contributed by atoms with Crippen molar-refractivity contribution in [1.29, 1.82) is 0 Å². The molecule has 0 aliphatic carbocycles. The topological polar surface area (TPSA) is 28.2 Å². The van der Waals surface area contributed by atoms with Gasteiger partial charge in [0.05, 0.1) is 0 Å². The molecule has 0 spiro atoms. The molecule has 112 valence electrons. The molecule has 0 atom stereocenters. The fourth-order valence-corrected chi connectivity index (χ4v) is 2.35. The molecule has 1 heterocycles. The summed E-state index contributed by atoms with van der Waals surface area (Å²) in [7, 11) is 2.15. The Bertz CT molecular complexity index is 537. The highest BCUT2D eigenvalue weighted by atomic mass is 15.1. The van der Waals surface area contributed by atoms with Crippen molar-refractivity contribution < 1.29 is 0 Å². The molecule has 0 saturated carbocycles. The molecular formula is C18H25N3. The molecule has 1 aromatic heterocycles. The Balaban J connectivity index is 1.98. The highest BCUT2D eigenvalue weighted by molar-refractivity contribution is 5.27. The van der Waals surface area contributed by atoms with Gasteiger partial charge in [-0.2, -0.15) is 0 Å². The molecule has 2 aromatic rings. The van der Waals surface area contributed by atoms with Crippen LogP contribution in [0.5, 0.6) is 0 Å². The van der Waals surface area contributed by atoms with E-state index in [1.165, 1.54) is 16.7 Å². The van der Waals surface area contributed by atoms with E-state index in [4.69, 9.17) is 0 Å². The van der Waals surface area contributed by atoms with E-state index >= 15 is 0 Å². The highest BCUT2D eigenvalue weighted by Gasteiger charge is 2.06. The molecule has 0 radical (unpaired) electrons. The SMILES string of the molecule is CC(C)NCc1ccccc1CN(C)Cc1cccnc1. The third-order valence-electron chi connectivity index (χ3n) is 3.43. The number of nitrogens with zero attached hydrogens (tertiary/aromatic N) is 2. The van der Waals surface area contributed by atoms with Gasteiger partial charge in [-0.1, -0.05) is 44.2 Å². The van der Waals surface area contributed by atoms with Crippen LogP contribution in [0.3, 0.4) is 0 Å². The van der Waals surface area contributed by atoms with Crippen LogP contribution in [0, 0.1) is 0 Å². The van der Waals surface area contributed by atoms with Gasteiger partial charge in [-0.05, 0) is 29.8 Å². The second-order valence-electron chi connectivity index (χ2n) is 5.84. The first-order valence-electron chi connectivity index (χ1n) is 7.53. The number of pyridine rings is 1. The van der Waals surface area contributed by atoms with Crippen LogP contribution in [0.25, 0.3) is 0 Å². The van der Waals surface area contributed by atoms with Gasteiger partial charge in [0.1, 0.15) is 0 Å². The number of aromatic nitrogens is 1. The first-order valence-corrected chi connectivity index (χ1v) is 7.53. The third kappa shape index (κ3) is 5.29. The lowest BCUT2D eigenvalue weighted by Gasteiger charge is -2.19. The average molecular weight is 283 g/mol. The van der Waals surface area contributed by atoms with Crippen molar-refractivity contribution in [2.75, 3.05) is 7.05 Å². The summed E-state index contributed by atoms with van der Waals surface area (Å²) in [4.78, 5) is 6.50. The zero-order valence-electron chi connectivity index (χ0n) is 13.2. The van der Waals surface area contributed by atoms with Gasteiger partial charge in [-0.25, -0.2) is 0 Å². The zero-order valence-corrected chi connectivity index (χ0v) is 13.2. The van der Waals surface area contributed by atoms with Gasteiger partial charge in [0.15, 0.2) is 0 Å². The first kappa shape index (κ1) is 15.7. The van der Waals surface area contributed by atoms with Gasteiger partial charge in [-0.3, -0.25) is 9.88 Å². The van der Waals surface area contributed by atoms with Crippen LogP contribution in [0.1, 0.15) is 30.5 Å². The summed E-state index contributed by atoms with van der Waals surface area (Å²) >= 11 is 0. The lowest BCUT2D eigenvalue weighted by atomic mass is 10.1. The monoisotopic (exact) mass is 283 g/mol. The molecule has 0 aliphatic rings. The van der Waals surface area contributed by atoms with E-state index < -0.39 is 0 Å². The number of hydrogen-bond acceptors (Lipinski definition) is 3. The maximum absolute atomic E-state index is 4.17. The van der Waals surface area contributed by atoms with Crippen LogP contribution in [-0.4, -0.2) is 23.0 Å². The summed E-state index contributed by atoms with van der Waals surface area (Å²) in [5, 5.41) is 3.50. The van der Waals surface area contributed by atoms with Crippen LogP contribution in [-0.2, 0) is 19.6 Å². The van der Waals surface area contributed by atoms with E-state index in [1.54, 1.807) is 0 Å². The molecule has 3 nitrogen and oxygen atoms in total. The number of benzene rings is 1. The van der Waals surface area contributed by atoms with Gasteiger partial charge < -0.3 is 5.32 Å². The van der Waals surface area contributed by atoms with Crippen molar-refractivity contribution in [2.24, 2.45) is 0 Å². The lowest BCUT2D eigenvalue weighted by Crippen LogP contribution is -2.24. The van der Waals surface area contributed by atoms with Gasteiger partial charge in [-0.15, -0.1) is 0 Å². The van der Waals surface area contributed by atoms with Crippen molar-refractivity contribution >= 4 is 0 Å². The molecule has 1 N–H and O–H groups in total. The molecule has 0 aliphatic heterocycles. The predicted octanol–water partition coefficient (Wildman–Crippen LogP) is 3.21. The highest BCUT2D eigenvalue weighted by Crippen LogP contribution is 2.13. The fraction of sp³-hybridized carbons (Fsp3) is 0.389. The summed E-state index contributed by atoms with van der Waals surface area (Å²) in [5.74, 6) is 0. The van der Waals surface area contributed by atoms with E-state index in [2.05, 4.69) is 66.4 Å². The minimum absolute atomic E-state index is 0.506. The van der Waals surface area contributed by atoms with E-state index in [0.717, 1.165) is 19.6 Å². The standard InChI is InChI=1S/C18H25N3/c1-15(2)20-12-17-8-4-5-9-18(17)14-21(3)13-16-7-6-10-19-11-16/h4-11,15,20H,12-14H2,1-3H3. The van der Waals surface area contributed by atoms with E-state index in [0.29, 0.717) is 6.04 Å². The molecule has 0 fully saturated rings. The Labute approximate surface area is 128 Å². The molecule has 2 rings (SSSR count). The van der Waals surface area contributed by atoms with Crippen molar-refractivity contribution in [2.45, 2.75) is 39.5 Å². The van der Waals surface area contributed by atoms with Gasteiger partial charge in [0, 0.05) is 38.1 Å². The van der Waals surface area contributed by atoms with Gasteiger partial charge in [0.2, 0.25) is 0 Å². The second kappa shape index (κ2) is 7.91. The smallest absolute Gasteiger partial charge is 0.0312 e. The summed E-state index contributed by atoms with van der Waals surface area (Å²) < 4.78 is 0. The molecule has 0 unspecified atom stereocenters. The van der Waals surface area contributed by atoms with Crippen molar-refractivity contribution in [3.8, 4) is 0 Å². The minimum Gasteiger partial charge on any atom is -0.310 e. The quantitative estimate of drug-likeness (QED) is 0.845. The Morgan fingerprint density at radius 3 is 2.48 bits per heavy atom. The number of nitrogens with one attached hydrogen (secondary N) is 1. The molecular weight excluding hydrogens is 258 g/mol. The minimum atomic E-state index is 0.506. The van der Waals surface area contributed by atoms with Crippen LogP contribution < -0.4 is 5.32 Å². The maximum Gasteiger partial charge on any atom is 0.0312 e. The molecule has 0 saturated heterocycles. The third-order valence-corrected chi connectivity index (χ3v) is 3.43. The van der Waals surface area contributed by atoms with Crippen molar-refractivity contribution in [3.05, 3.63) is 65.5 Å². The maximum atomic E-state index is 4.17. The Kier molecular flexibility index (Phi) is 5.90.